The van der Waals surface area contributed by atoms with Crippen LogP contribution in [0.3, 0.4) is 0 Å². The van der Waals surface area contributed by atoms with Gasteiger partial charge >= 0.3 is 0 Å². The lowest BCUT2D eigenvalue weighted by molar-refractivity contribution is 0.289. The van der Waals surface area contributed by atoms with Crippen molar-refractivity contribution in [2.24, 2.45) is 0 Å². The molecule has 5 nitrogen and oxygen atoms in total. The van der Waals surface area contributed by atoms with E-state index >= 15 is 0 Å². The van der Waals surface area contributed by atoms with Crippen LogP contribution in [0, 0.1) is 0 Å². The molecule has 0 aromatic heterocycles. The predicted octanol–water partition coefficient (Wildman–Crippen LogP) is 2.97. The molecule has 18 heavy (non-hydrogen) atoms. The lowest BCUT2D eigenvalue weighted by atomic mass is 10.1. The van der Waals surface area contributed by atoms with Crippen LogP contribution in [0.4, 0.5) is 0 Å². The molecule has 0 heterocycles. The van der Waals surface area contributed by atoms with Crippen molar-refractivity contribution in [1.29, 1.82) is 0 Å². The van der Waals surface area contributed by atoms with E-state index in [2.05, 4.69) is 6.92 Å². The fraction of sp³-hybridized carbons (Fsp3) is 1.00. The van der Waals surface area contributed by atoms with Crippen molar-refractivity contribution in [2.75, 3.05) is 25.2 Å². The summed E-state index contributed by atoms with van der Waals surface area (Å²) in [6, 6.07) is -0.0726. The summed E-state index contributed by atoms with van der Waals surface area (Å²) in [4.78, 5) is 1.85. The predicted molar refractivity (Wildman–Crippen MR) is 79.6 cm³/mol. The first kappa shape index (κ1) is 23.5. The molecule has 1 unspecified atom stereocenters. The van der Waals surface area contributed by atoms with Crippen LogP contribution in [0.15, 0.2) is 0 Å². The van der Waals surface area contributed by atoms with Crippen molar-refractivity contribution in [3.8, 4) is 0 Å². The number of nitrogens with zero attached hydrogens (tertiary/aromatic N) is 1. The summed E-state index contributed by atoms with van der Waals surface area (Å²) in [6.45, 7) is 2.10. The van der Waals surface area contributed by atoms with Gasteiger partial charge in [0.15, 0.2) is 0 Å². The minimum Gasteiger partial charge on any atom is -0.344 e. The minimum absolute atomic E-state index is 0. The smallest absolute Gasteiger partial charge is 0.266 e. The molecule has 0 aromatic rings. The maximum atomic E-state index is 10.7. The number of hydrogen-bond acceptors (Lipinski definition) is 4. The van der Waals surface area contributed by atoms with E-state index in [1.165, 1.54) is 0 Å². The SMILES string of the molecule is CCCCCC(CS(=O)(=O)O)N(C)C.ClCCl.N. The van der Waals surface area contributed by atoms with Crippen LogP contribution < -0.4 is 6.15 Å². The van der Waals surface area contributed by atoms with Crippen molar-refractivity contribution in [2.45, 2.75) is 38.6 Å². The number of hydrogen-bond donors (Lipinski definition) is 2. The van der Waals surface area contributed by atoms with Gasteiger partial charge in [-0.1, -0.05) is 26.2 Å². The Balaban J connectivity index is -0.000000507. The largest absolute Gasteiger partial charge is 0.344 e. The van der Waals surface area contributed by atoms with E-state index < -0.39 is 10.1 Å². The molecule has 1 atom stereocenters. The summed E-state index contributed by atoms with van der Waals surface area (Å²) < 4.78 is 30.2. The molecule has 0 rings (SSSR count). The Kier molecular flexibility index (Phi) is 18.1. The van der Waals surface area contributed by atoms with E-state index in [0.717, 1.165) is 25.7 Å². The van der Waals surface area contributed by atoms with E-state index in [-0.39, 0.29) is 23.3 Å². The first-order valence-electron chi connectivity index (χ1n) is 5.52. The van der Waals surface area contributed by atoms with Gasteiger partial charge in [0.05, 0.1) is 11.1 Å². The molecule has 0 bridgehead atoms. The van der Waals surface area contributed by atoms with Gasteiger partial charge in [-0.3, -0.25) is 4.55 Å². The summed E-state index contributed by atoms with van der Waals surface area (Å²) in [5.74, 6) is -0.163. The second-order valence-corrected chi connectivity index (χ2v) is 6.27. The van der Waals surface area contributed by atoms with Crippen LogP contribution in [0.2, 0.25) is 0 Å². The van der Waals surface area contributed by atoms with Crippen LogP contribution in [0.5, 0.6) is 0 Å². The maximum absolute atomic E-state index is 10.7. The lowest BCUT2D eigenvalue weighted by Crippen LogP contribution is -2.34. The Hall–Kier alpha value is 0.410. The van der Waals surface area contributed by atoms with Crippen molar-refractivity contribution in [3.63, 3.8) is 0 Å². The zero-order valence-electron chi connectivity index (χ0n) is 11.4. The summed E-state index contributed by atoms with van der Waals surface area (Å²) in [7, 11) is -0.177. The molecule has 0 saturated heterocycles. The molecule has 114 valence electrons. The Bertz CT molecular complexity index is 262. The van der Waals surface area contributed by atoms with Gasteiger partial charge in [0.25, 0.3) is 10.1 Å². The monoisotopic (exact) mass is 324 g/mol. The number of unbranched alkanes of at least 4 members (excludes halogenated alkanes) is 2. The minimum atomic E-state index is -3.85. The molecular weight excluding hydrogens is 299 g/mol. The van der Waals surface area contributed by atoms with Gasteiger partial charge in [0.2, 0.25) is 0 Å². The molecule has 0 saturated carbocycles. The normalized spacial score (nSPS) is 12.4. The third kappa shape index (κ3) is 18.8. The second-order valence-electron chi connectivity index (χ2n) is 3.96. The lowest BCUT2D eigenvalue weighted by Gasteiger charge is -2.22. The zero-order chi connectivity index (χ0) is 13.9. The standard InChI is InChI=1S/C9H21NO3S.CH2Cl2.H3N/c1-4-5-6-7-9(10(2)3)8-14(11,12)13;2-1-3;/h9H,4-8H2,1-3H3,(H,11,12,13);1H2;1H3. The average molecular weight is 325 g/mol. The number of alkyl halides is 2. The summed E-state index contributed by atoms with van der Waals surface area (Å²) in [5.41, 5.74) is 0. The van der Waals surface area contributed by atoms with Gasteiger partial charge in [0.1, 0.15) is 0 Å². The molecule has 0 radical (unpaired) electrons. The highest BCUT2D eigenvalue weighted by molar-refractivity contribution is 7.85. The molecule has 0 aliphatic carbocycles. The van der Waals surface area contributed by atoms with Crippen LogP contribution in [-0.4, -0.2) is 49.1 Å². The third-order valence-electron chi connectivity index (χ3n) is 2.27. The van der Waals surface area contributed by atoms with Gasteiger partial charge < -0.3 is 11.1 Å². The molecular formula is C10H26Cl2N2O3S. The molecule has 0 fully saturated rings. The maximum Gasteiger partial charge on any atom is 0.266 e. The molecule has 0 aromatic carbocycles. The van der Waals surface area contributed by atoms with Gasteiger partial charge in [-0.2, -0.15) is 8.42 Å². The topological polar surface area (TPSA) is 92.6 Å². The average Bonchev–Trinajstić information content (AvgIpc) is 2.15. The Morgan fingerprint density at radius 3 is 1.94 bits per heavy atom. The molecule has 0 aliphatic heterocycles. The third-order valence-corrected chi connectivity index (χ3v) is 3.08. The second kappa shape index (κ2) is 13.8. The highest BCUT2D eigenvalue weighted by Gasteiger charge is 2.18. The Labute approximate surface area is 121 Å². The van der Waals surface area contributed by atoms with Gasteiger partial charge in [0, 0.05) is 6.04 Å². The molecule has 4 N–H and O–H groups in total. The van der Waals surface area contributed by atoms with Gasteiger partial charge in [-0.05, 0) is 20.5 Å². The van der Waals surface area contributed by atoms with Crippen LogP contribution in [-0.2, 0) is 10.1 Å². The van der Waals surface area contributed by atoms with Crippen molar-refractivity contribution in [3.05, 3.63) is 0 Å². The van der Waals surface area contributed by atoms with E-state index in [9.17, 15) is 8.42 Å². The quantitative estimate of drug-likeness (QED) is 0.426. The fourth-order valence-corrected chi connectivity index (χ4v) is 2.31. The van der Waals surface area contributed by atoms with Crippen LogP contribution in [0.1, 0.15) is 32.6 Å². The summed E-state index contributed by atoms with van der Waals surface area (Å²) in [5, 5.41) is 0.194. The first-order chi connectivity index (χ1) is 7.78. The first-order valence-corrected chi connectivity index (χ1v) is 8.19. The van der Waals surface area contributed by atoms with E-state index in [0.29, 0.717) is 0 Å². The van der Waals surface area contributed by atoms with Crippen LogP contribution >= 0.6 is 23.2 Å². The van der Waals surface area contributed by atoms with Crippen LogP contribution in [0.25, 0.3) is 0 Å². The van der Waals surface area contributed by atoms with Crippen molar-refractivity contribution >= 4 is 33.3 Å². The molecule has 8 heteroatoms. The van der Waals surface area contributed by atoms with Crippen molar-refractivity contribution in [1.82, 2.24) is 11.1 Å². The molecule has 0 spiro atoms. The van der Waals surface area contributed by atoms with E-state index in [1.54, 1.807) is 0 Å². The number of rotatable bonds is 7. The van der Waals surface area contributed by atoms with Crippen molar-refractivity contribution < 1.29 is 13.0 Å². The van der Waals surface area contributed by atoms with E-state index in [4.69, 9.17) is 27.8 Å². The zero-order valence-corrected chi connectivity index (χ0v) is 13.7. The molecule has 0 amide bonds. The summed E-state index contributed by atoms with van der Waals surface area (Å²) in [6.07, 6.45) is 4.05. The highest BCUT2D eigenvalue weighted by Crippen LogP contribution is 2.09. The fourth-order valence-electron chi connectivity index (χ4n) is 1.36. The highest BCUT2D eigenvalue weighted by atomic mass is 35.5. The van der Waals surface area contributed by atoms with Gasteiger partial charge in [-0.15, -0.1) is 23.2 Å². The Morgan fingerprint density at radius 1 is 1.22 bits per heavy atom. The number of halogens is 2. The summed E-state index contributed by atoms with van der Waals surface area (Å²) >= 11 is 9.53. The van der Waals surface area contributed by atoms with Gasteiger partial charge in [-0.25, -0.2) is 0 Å². The van der Waals surface area contributed by atoms with E-state index in [1.807, 2.05) is 19.0 Å². The Morgan fingerprint density at radius 2 is 1.67 bits per heavy atom. The molecule has 0 aliphatic rings.